The van der Waals surface area contributed by atoms with E-state index in [2.05, 4.69) is 5.92 Å². The molecule has 1 unspecified atom stereocenters. The summed E-state index contributed by atoms with van der Waals surface area (Å²) in [6, 6.07) is 11.9. The summed E-state index contributed by atoms with van der Waals surface area (Å²) in [6.07, 6.45) is 5.22. The molecular weight excluding hydrogens is 224 g/mol. The van der Waals surface area contributed by atoms with Gasteiger partial charge in [-0.1, -0.05) is 36.4 Å². The van der Waals surface area contributed by atoms with E-state index in [1.54, 1.807) is 6.92 Å². The van der Waals surface area contributed by atoms with Crippen LogP contribution in [0, 0.1) is 12.3 Å². The van der Waals surface area contributed by atoms with Crippen molar-refractivity contribution in [1.82, 2.24) is 0 Å². The summed E-state index contributed by atoms with van der Waals surface area (Å²) in [7, 11) is 0. The third-order valence-electron chi connectivity index (χ3n) is 2.85. The maximum atomic E-state index is 9.80. The number of aliphatic hydroxyl groups is 1. The van der Waals surface area contributed by atoms with Crippen molar-refractivity contribution < 1.29 is 9.84 Å². The Morgan fingerprint density at radius 3 is 2.78 bits per heavy atom. The fourth-order valence-electron chi connectivity index (χ4n) is 1.96. The second-order valence-corrected chi connectivity index (χ2v) is 4.18. The SMILES string of the molecule is C#CCCOc1c(C(C)O)ccc2ccccc12. The Hall–Kier alpha value is -1.98. The maximum absolute atomic E-state index is 9.80. The Balaban J connectivity index is 2.49. The van der Waals surface area contributed by atoms with Crippen LogP contribution in [-0.4, -0.2) is 11.7 Å². The monoisotopic (exact) mass is 240 g/mol. The molecule has 2 aromatic carbocycles. The van der Waals surface area contributed by atoms with Crippen LogP contribution >= 0.6 is 0 Å². The molecule has 2 rings (SSSR count). The second kappa shape index (κ2) is 5.57. The van der Waals surface area contributed by atoms with Crippen molar-refractivity contribution in [3.8, 4) is 18.1 Å². The zero-order chi connectivity index (χ0) is 13.0. The van der Waals surface area contributed by atoms with E-state index in [0.29, 0.717) is 13.0 Å². The van der Waals surface area contributed by atoms with E-state index in [-0.39, 0.29) is 0 Å². The molecule has 0 aliphatic carbocycles. The van der Waals surface area contributed by atoms with E-state index in [1.807, 2.05) is 36.4 Å². The summed E-state index contributed by atoms with van der Waals surface area (Å²) in [5, 5.41) is 11.9. The van der Waals surface area contributed by atoms with Gasteiger partial charge in [0, 0.05) is 17.4 Å². The predicted molar refractivity (Wildman–Crippen MR) is 73.5 cm³/mol. The van der Waals surface area contributed by atoms with Gasteiger partial charge in [-0.2, -0.15) is 0 Å². The summed E-state index contributed by atoms with van der Waals surface area (Å²) in [6.45, 7) is 2.20. The van der Waals surface area contributed by atoms with E-state index in [1.165, 1.54) is 0 Å². The van der Waals surface area contributed by atoms with Gasteiger partial charge in [-0.15, -0.1) is 12.3 Å². The van der Waals surface area contributed by atoms with Crippen molar-refractivity contribution in [2.45, 2.75) is 19.4 Å². The lowest BCUT2D eigenvalue weighted by Gasteiger charge is -2.15. The van der Waals surface area contributed by atoms with Gasteiger partial charge in [0.1, 0.15) is 5.75 Å². The third-order valence-corrected chi connectivity index (χ3v) is 2.85. The lowest BCUT2D eigenvalue weighted by atomic mass is 10.0. The summed E-state index contributed by atoms with van der Waals surface area (Å²) in [5.74, 6) is 3.28. The molecule has 0 spiro atoms. The lowest BCUT2D eigenvalue weighted by Crippen LogP contribution is -2.02. The molecule has 0 aliphatic heterocycles. The molecule has 1 N–H and O–H groups in total. The highest BCUT2D eigenvalue weighted by atomic mass is 16.5. The van der Waals surface area contributed by atoms with Crippen LogP contribution in [-0.2, 0) is 0 Å². The number of rotatable bonds is 4. The first-order chi connectivity index (χ1) is 8.74. The molecule has 0 radical (unpaired) electrons. The van der Waals surface area contributed by atoms with Gasteiger partial charge in [0.15, 0.2) is 0 Å². The van der Waals surface area contributed by atoms with Crippen LogP contribution in [0.25, 0.3) is 10.8 Å². The molecular formula is C16H16O2. The van der Waals surface area contributed by atoms with Crippen LogP contribution < -0.4 is 4.74 Å². The number of hydrogen-bond donors (Lipinski definition) is 1. The standard InChI is InChI=1S/C16H16O2/c1-3-4-11-18-16-14(12(2)17)10-9-13-7-5-6-8-15(13)16/h1,5-10,12,17H,4,11H2,2H3. The number of terminal acetylenes is 1. The number of fused-ring (bicyclic) bond motifs is 1. The zero-order valence-electron chi connectivity index (χ0n) is 10.4. The molecule has 18 heavy (non-hydrogen) atoms. The molecule has 2 nitrogen and oxygen atoms in total. The van der Waals surface area contributed by atoms with Crippen molar-refractivity contribution in [3.63, 3.8) is 0 Å². The Kier molecular flexibility index (Phi) is 3.86. The molecule has 0 fully saturated rings. The van der Waals surface area contributed by atoms with Gasteiger partial charge in [-0.3, -0.25) is 0 Å². The van der Waals surface area contributed by atoms with Crippen molar-refractivity contribution in [3.05, 3.63) is 42.0 Å². The molecule has 0 saturated heterocycles. The van der Waals surface area contributed by atoms with Gasteiger partial charge in [0.05, 0.1) is 12.7 Å². The number of ether oxygens (including phenoxy) is 1. The lowest BCUT2D eigenvalue weighted by molar-refractivity contribution is 0.192. The summed E-state index contributed by atoms with van der Waals surface area (Å²) in [4.78, 5) is 0. The first-order valence-electron chi connectivity index (χ1n) is 6.00. The van der Waals surface area contributed by atoms with E-state index < -0.39 is 6.10 Å². The zero-order valence-corrected chi connectivity index (χ0v) is 10.4. The Morgan fingerprint density at radius 1 is 1.28 bits per heavy atom. The minimum absolute atomic E-state index is 0.463. The quantitative estimate of drug-likeness (QED) is 0.656. The van der Waals surface area contributed by atoms with Gasteiger partial charge in [0.25, 0.3) is 0 Å². The molecule has 0 bridgehead atoms. The first-order valence-corrected chi connectivity index (χ1v) is 6.00. The van der Waals surface area contributed by atoms with E-state index in [4.69, 9.17) is 11.2 Å². The molecule has 0 heterocycles. The second-order valence-electron chi connectivity index (χ2n) is 4.18. The van der Waals surface area contributed by atoms with Crippen molar-refractivity contribution >= 4 is 10.8 Å². The third kappa shape index (κ3) is 2.47. The molecule has 2 heteroatoms. The summed E-state index contributed by atoms with van der Waals surface area (Å²) >= 11 is 0. The predicted octanol–water partition coefficient (Wildman–Crippen LogP) is 3.30. The van der Waals surface area contributed by atoms with Gasteiger partial charge in [-0.25, -0.2) is 0 Å². The topological polar surface area (TPSA) is 29.5 Å². The van der Waals surface area contributed by atoms with Crippen molar-refractivity contribution in [1.29, 1.82) is 0 Å². The first kappa shape index (κ1) is 12.5. The molecule has 0 saturated carbocycles. The molecule has 0 amide bonds. The minimum atomic E-state index is -0.560. The average Bonchev–Trinajstić information content (AvgIpc) is 2.38. The van der Waals surface area contributed by atoms with Gasteiger partial charge in [-0.05, 0) is 12.3 Å². The van der Waals surface area contributed by atoms with Gasteiger partial charge < -0.3 is 9.84 Å². The molecule has 92 valence electrons. The largest absolute Gasteiger partial charge is 0.492 e. The van der Waals surface area contributed by atoms with Crippen LogP contribution in [0.1, 0.15) is 25.0 Å². The van der Waals surface area contributed by atoms with E-state index >= 15 is 0 Å². The number of aliphatic hydroxyl groups excluding tert-OH is 1. The fourth-order valence-corrected chi connectivity index (χ4v) is 1.96. The summed E-state index contributed by atoms with van der Waals surface area (Å²) in [5.41, 5.74) is 0.797. The van der Waals surface area contributed by atoms with Crippen LogP contribution in [0.5, 0.6) is 5.75 Å². The van der Waals surface area contributed by atoms with Crippen LogP contribution in [0.15, 0.2) is 36.4 Å². The smallest absolute Gasteiger partial charge is 0.132 e. The van der Waals surface area contributed by atoms with Crippen molar-refractivity contribution in [2.24, 2.45) is 0 Å². The highest BCUT2D eigenvalue weighted by Gasteiger charge is 2.12. The summed E-state index contributed by atoms with van der Waals surface area (Å²) < 4.78 is 5.75. The normalized spacial score (nSPS) is 12.1. The van der Waals surface area contributed by atoms with Gasteiger partial charge in [0.2, 0.25) is 0 Å². The van der Waals surface area contributed by atoms with Crippen LogP contribution in [0.3, 0.4) is 0 Å². The number of benzene rings is 2. The van der Waals surface area contributed by atoms with Crippen LogP contribution in [0.2, 0.25) is 0 Å². The maximum Gasteiger partial charge on any atom is 0.132 e. The Bertz CT molecular complexity index is 579. The Labute approximate surface area is 107 Å². The minimum Gasteiger partial charge on any atom is -0.492 e. The van der Waals surface area contributed by atoms with Crippen LogP contribution in [0.4, 0.5) is 0 Å². The van der Waals surface area contributed by atoms with E-state index in [9.17, 15) is 5.11 Å². The molecule has 0 aliphatic rings. The van der Waals surface area contributed by atoms with Gasteiger partial charge >= 0.3 is 0 Å². The highest BCUT2D eigenvalue weighted by Crippen LogP contribution is 2.33. The van der Waals surface area contributed by atoms with E-state index in [0.717, 1.165) is 22.1 Å². The molecule has 1 atom stereocenters. The number of hydrogen-bond acceptors (Lipinski definition) is 2. The fraction of sp³-hybridized carbons (Fsp3) is 0.250. The van der Waals surface area contributed by atoms with Crippen molar-refractivity contribution in [2.75, 3.05) is 6.61 Å². The molecule has 0 aromatic heterocycles. The Morgan fingerprint density at radius 2 is 2.06 bits per heavy atom. The average molecular weight is 240 g/mol. The highest BCUT2D eigenvalue weighted by molar-refractivity contribution is 5.89. The molecule has 2 aromatic rings.